The summed E-state index contributed by atoms with van der Waals surface area (Å²) in [5.41, 5.74) is 8.07. The van der Waals surface area contributed by atoms with E-state index < -0.39 is 5.91 Å². The fourth-order valence-electron chi connectivity index (χ4n) is 3.01. The lowest BCUT2D eigenvalue weighted by Crippen LogP contribution is -2.31. The number of hydrogen-bond donors (Lipinski definition) is 1. The minimum atomic E-state index is -0.517. The summed E-state index contributed by atoms with van der Waals surface area (Å²) in [6.45, 7) is 4.53. The van der Waals surface area contributed by atoms with Gasteiger partial charge in [-0.05, 0) is 50.5 Å². The zero-order valence-electron chi connectivity index (χ0n) is 13.2. The van der Waals surface area contributed by atoms with Crippen molar-refractivity contribution in [3.8, 4) is 0 Å². The number of rotatable bonds is 3. The van der Waals surface area contributed by atoms with Gasteiger partial charge in [-0.25, -0.2) is 4.98 Å². The second kappa shape index (κ2) is 6.12. The molecule has 1 saturated heterocycles. The van der Waals surface area contributed by atoms with Gasteiger partial charge in [-0.15, -0.1) is 11.3 Å². The Morgan fingerprint density at radius 2 is 2.00 bits per heavy atom. The van der Waals surface area contributed by atoms with E-state index in [9.17, 15) is 9.59 Å². The number of carbonyl (C=O) groups excluding carboxylic acids is 2. The molecule has 1 atom stereocenters. The summed E-state index contributed by atoms with van der Waals surface area (Å²) in [4.78, 5) is 30.7. The molecule has 3 rings (SSSR count). The molecule has 1 aromatic heterocycles. The molecule has 0 radical (unpaired) electrons. The summed E-state index contributed by atoms with van der Waals surface area (Å²) in [5.74, 6) is -0.581. The highest BCUT2D eigenvalue weighted by Gasteiger charge is 2.32. The topological polar surface area (TPSA) is 76.3 Å². The fraction of sp³-hybridized carbons (Fsp3) is 0.353. The molecule has 1 fully saturated rings. The Bertz CT molecular complexity index is 769. The summed E-state index contributed by atoms with van der Waals surface area (Å²) in [6.07, 6.45) is 1.89. The van der Waals surface area contributed by atoms with E-state index in [1.165, 1.54) is 0 Å². The Labute approximate surface area is 139 Å². The molecule has 1 aliphatic heterocycles. The second-order valence-electron chi connectivity index (χ2n) is 5.94. The minimum Gasteiger partial charge on any atom is -0.366 e. The van der Waals surface area contributed by atoms with Crippen molar-refractivity contribution in [2.45, 2.75) is 32.7 Å². The van der Waals surface area contributed by atoms with Crippen molar-refractivity contribution >= 4 is 23.2 Å². The van der Waals surface area contributed by atoms with E-state index in [-0.39, 0.29) is 11.9 Å². The first-order valence-corrected chi connectivity index (χ1v) is 8.48. The summed E-state index contributed by atoms with van der Waals surface area (Å²) >= 11 is 1.60. The van der Waals surface area contributed by atoms with Crippen LogP contribution in [0.2, 0.25) is 0 Å². The molecule has 5 nitrogen and oxygen atoms in total. The number of nitrogens with two attached hydrogens (primary N) is 1. The molecule has 6 heteroatoms. The van der Waals surface area contributed by atoms with E-state index in [4.69, 9.17) is 5.73 Å². The van der Waals surface area contributed by atoms with Gasteiger partial charge in [0.05, 0.1) is 6.04 Å². The number of thiazole rings is 1. The third kappa shape index (κ3) is 3.12. The first kappa shape index (κ1) is 15.7. The number of amides is 2. The summed E-state index contributed by atoms with van der Waals surface area (Å²) in [7, 11) is 0. The molecule has 23 heavy (non-hydrogen) atoms. The summed E-state index contributed by atoms with van der Waals surface area (Å²) < 4.78 is 0. The maximum Gasteiger partial charge on any atom is 0.254 e. The van der Waals surface area contributed by atoms with Gasteiger partial charge in [0.2, 0.25) is 5.91 Å². The van der Waals surface area contributed by atoms with Crippen molar-refractivity contribution in [1.29, 1.82) is 0 Å². The normalized spacial score (nSPS) is 17.5. The SMILES string of the molecule is Cc1cc(C(N)=O)cc(C(=O)N2CCC[C@@H]2c2nc(C)cs2)c1. The van der Waals surface area contributed by atoms with Gasteiger partial charge in [0.15, 0.2) is 0 Å². The predicted octanol–water partition coefficient (Wildman–Crippen LogP) is 2.84. The molecule has 2 N–H and O–H groups in total. The van der Waals surface area contributed by atoms with E-state index >= 15 is 0 Å². The lowest BCUT2D eigenvalue weighted by Gasteiger charge is -2.23. The number of aromatic nitrogens is 1. The van der Waals surface area contributed by atoms with Crippen LogP contribution in [-0.4, -0.2) is 28.2 Å². The van der Waals surface area contributed by atoms with Gasteiger partial charge in [-0.2, -0.15) is 0 Å². The van der Waals surface area contributed by atoms with Gasteiger partial charge in [0, 0.05) is 28.7 Å². The average Bonchev–Trinajstić information content (AvgIpc) is 3.14. The first-order valence-electron chi connectivity index (χ1n) is 7.60. The Hall–Kier alpha value is -2.21. The highest BCUT2D eigenvalue weighted by Crippen LogP contribution is 2.34. The van der Waals surface area contributed by atoms with Crippen LogP contribution in [-0.2, 0) is 0 Å². The van der Waals surface area contributed by atoms with Crippen molar-refractivity contribution in [3.63, 3.8) is 0 Å². The number of likely N-dealkylation sites (tertiary alicyclic amines) is 1. The van der Waals surface area contributed by atoms with Crippen LogP contribution in [0.25, 0.3) is 0 Å². The maximum atomic E-state index is 12.9. The van der Waals surface area contributed by atoms with Crippen molar-refractivity contribution in [2.75, 3.05) is 6.54 Å². The molecule has 2 aromatic rings. The van der Waals surface area contributed by atoms with Crippen LogP contribution >= 0.6 is 11.3 Å². The van der Waals surface area contributed by atoms with Gasteiger partial charge in [-0.1, -0.05) is 0 Å². The number of benzene rings is 1. The number of hydrogen-bond acceptors (Lipinski definition) is 4. The molecule has 0 aliphatic carbocycles. The quantitative estimate of drug-likeness (QED) is 0.940. The van der Waals surface area contributed by atoms with Gasteiger partial charge < -0.3 is 10.6 Å². The minimum absolute atomic E-state index is 0.0266. The first-order chi connectivity index (χ1) is 11.0. The van der Waals surface area contributed by atoms with E-state index in [0.717, 1.165) is 29.1 Å². The van der Waals surface area contributed by atoms with Gasteiger partial charge >= 0.3 is 0 Å². The Balaban J connectivity index is 1.91. The second-order valence-corrected chi connectivity index (χ2v) is 6.83. The fourth-order valence-corrected chi connectivity index (χ4v) is 3.95. The van der Waals surface area contributed by atoms with Crippen LogP contribution in [0.1, 0.15) is 55.9 Å². The molecule has 0 spiro atoms. The van der Waals surface area contributed by atoms with Crippen LogP contribution in [0, 0.1) is 13.8 Å². The Kier molecular flexibility index (Phi) is 4.17. The monoisotopic (exact) mass is 329 g/mol. The third-order valence-electron chi connectivity index (χ3n) is 4.04. The van der Waals surface area contributed by atoms with Gasteiger partial charge in [0.1, 0.15) is 5.01 Å². The molecule has 2 heterocycles. The third-order valence-corrected chi connectivity index (χ3v) is 5.11. The number of aryl methyl sites for hydroxylation is 2. The van der Waals surface area contributed by atoms with Crippen molar-refractivity contribution in [2.24, 2.45) is 5.73 Å². The summed E-state index contributed by atoms with van der Waals surface area (Å²) in [5, 5.41) is 2.99. The molecular weight excluding hydrogens is 310 g/mol. The number of nitrogens with zero attached hydrogens (tertiary/aromatic N) is 2. The Morgan fingerprint density at radius 1 is 1.26 bits per heavy atom. The molecule has 0 saturated carbocycles. The molecule has 0 bridgehead atoms. The largest absolute Gasteiger partial charge is 0.366 e. The van der Waals surface area contributed by atoms with Crippen LogP contribution in [0.5, 0.6) is 0 Å². The maximum absolute atomic E-state index is 12.9. The highest BCUT2D eigenvalue weighted by molar-refractivity contribution is 7.09. The molecule has 1 aromatic carbocycles. The predicted molar refractivity (Wildman–Crippen MR) is 89.6 cm³/mol. The lowest BCUT2D eigenvalue weighted by molar-refractivity contribution is 0.0735. The van der Waals surface area contributed by atoms with Crippen LogP contribution in [0.15, 0.2) is 23.6 Å². The van der Waals surface area contributed by atoms with Crippen LogP contribution < -0.4 is 5.73 Å². The molecule has 120 valence electrons. The van der Waals surface area contributed by atoms with Crippen molar-refractivity contribution in [1.82, 2.24) is 9.88 Å². The molecule has 0 unspecified atom stereocenters. The standard InChI is InChI=1S/C17H19N3O2S/c1-10-6-12(15(18)21)8-13(7-10)17(22)20-5-3-4-14(20)16-19-11(2)9-23-16/h6-9,14H,3-5H2,1-2H3,(H2,18,21)/t14-/m1/s1. The van der Waals surface area contributed by atoms with Crippen LogP contribution in [0.4, 0.5) is 0 Å². The molecular formula is C17H19N3O2S. The van der Waals surface area contributed by atoms with E-state index in [2.05, 4.69) is 4.98 Å². The number of primary amides is 1. The smallest absolute Gasteiger partial charge is 0.254 e. The average molecular weight is 329 g/mol. The Morgan fingerprint density at radius 3 is 2.65 bits per heavy atom. The zero-order valence-corrected chi connectivity index (χ0v) is 14.0. The van der Waals surface area contributed by atoms with E-state index in [1.54, 1.807) is 29.5 Å². The van der Waals surface area contributed by atoms with Crippen molar-refractivity contribution in [3.05, 3.63) is 51.0 Å². The van der Waals surface area contributed by atoms with Crippen molar-refractivity contribution < 1.29 is 9.59 Å². The van der Waals surface area contributed by atoms with Gasteiger partial charge in [0.25, 0.3) is 5.91 Å². The molecule has 2 amide bonds. The molecule has 1 aliphatic rings. The van der Waals surface area contributed by atoms with Gasteiger partial charge in [-0.3, -0.25) is 9.59 Å². The number of carbonyl (C=O) groups is 2. The zero-order chi connectivity index (χ0) is 16.6. The summed E-state index contributed by atoms with van der Waals surface area (Å²) in [6, 6.07) is 5.11. The lowest BCUT2D eigenvalue weighted by atomic mass is 10.0. The van der Waals surface area contributed by atoms with Crippen LogP contribution in [0.3, 0.4) is 0 Å². The van der Waals surface area contributed by atoms with E-state index in [1.807, 2.05) is 24.1 Å². The van der Waals surface area contributed by atoms with E-state index in [0.29, 0.717) is 17.7 Å². The highest BCUT2D eigenvalue weighted by atomic mass is 32.1.